The van der Waals surface area contributed by atoms with Crippen LogP contribution in [0, 0.1) is 0 Å². The van der Waals surface area contributed by atoms with Gasteiger partial charge in [0.1, 0.15) is 0 Å². The molecular weight excluding hydrogens is 195 g/mol. The Labute approximate surface area is 85.9 Å². The van der Waals surface area contributed by atoms with Gasteiger partial charge in [-0.3, -0.25) is 9.78 Å². The van der Waals surface area contributed by atoms with Crippen molar-refractivity contribution in [1.82, 2.24) is 10.3 Å². The van der Waals surface area contributed by atoms with Crippen LogP contribution in [0.4, 0.5) is 4.39 Å². The Balaban J connectivity index is 2.42. The largest absolute Gasteiger partial charge is 0.325 e. The highest BCUT2D eigenvalue weighted by Crippen LogP contribution is 2.12. The molecule has 0 atom stereocenters. The van der Waals surface area contributed by atoms with Gasteiger partial charge < -0.3 is 5.32 Å². The second kappa shape index (κ2) is 4.04. The first-order valence-corrected chi connectivity index (χ1v) is 4.50. The van der Waals surface area contributed by atoms with Gasteiger partial charge in [0.15, 0.2) is 6.80 Å². The van der Waals surface area contributed by atoms with Crippen molar-refractivity contribution in [2.45, 2.75) is 0 Å². The minimum Gasteiger partial charge on any atom is -0.325 e. The van der Waals surface area contributed by atoms with Crippen molar-refractivity contribution >= 4 is 16.8 Å². The molecule has 15 heavy (non-hydrogen) atoms. The lowest BCUT2D eigenvalue weighted by Crippen LogP contribution is -2.22. The highest BCUT2D eigenvalue weighted by Gasteiger charge is 2.05. The summed E-state index contributed by atoms with van der Waals surface area (Å²) in [5.41, 5.74) is 1.18. The lowest BCUT2D eigenvalue weighted by atomic mass is 10.1. The Bertz CT molecular complexity index is 499. The maximum atomic E-state index is 11.9. The van der Waals surface area contributed by atoms with E-state index in [1.807, 2.05) is 24.3 Å². The highest BCUT2D eigenvalue weighted by molar-refractivity contribution is 5.97. The van der Waals surface area contributed by atoms with Crippen molar-refractivity contribution in [2.24, 2.45) is 0 Å². The Hall–Kier alpha value is -1.97. The summed E-state index contributed by atoms with van der Waals surface area (Å²) in [6.45, 7) is -0.869. The fraction of sp³-hybridized carbons (Fsp3) is 0.0909. The molecular formula is C11H9FN2O. The number of nitrogens with zero attached hydrogens (tertiary/aromatic N) is 1. The summed E-state index contributed by atoms with van der Waals surface area (Å²) < 4.78 is 11.9. The Kier molecular flexibility index (Phi) is 2.58. The molecule has 2 aromatic rings. The van der Waals surface area contributed by atoms with Crippen LogP contribution in [0.3, 0.4) is 0 Å². The van der Waals surface area contributed by atoms with E-state index in [1.54, 1.807) is 6.07 Å². The zero-order valence-electron chi connectivity index (χ0n) is 7.90. The number of carbonyl (C=O) groups excluding carboxylic acids is 1. The third-order valence-corrected chi connectivity index (χ3v) is 2.08. The number of amides is 1. The van der Waals surface area contributed by atoms with Crippen molar-refractivity contribution in [3.05, 3.63) is 42.1 Å². The van der Waals surface area contributed by atoms with Crippen LogP contribution in [0.2, 0.25) is 0 Å². The molecule has 1 heterocycles. The van der Waals surface area contributed by atoms with E-state index in [9.17, 15) is 9.18 Å². The average molecular weight is 204 g/mol. The summed E-state index contributed by atoms with van der Waals surface area (Å²) in [4.78, 5) is 15.4. The molecule has 1 aromatic carbocycles. The molecule has 1 N–H and O–H groups in total. The van der Waals surface area contributed by atoms with Crippen LogP contribution < -0.4 is 5.32 Å². The lowest BCUT2D eigenvalue weighted by molar-refractivity contribution is 0.0937. The SMILES string of the molecule is O=C(NCF)c1cnc2ccccc2c1. The van der Waals surface area contributed by atoms with Crippen molar-refractivity contribution < 1.29 is 9.18 Å². The van der Waals surface area contributed by atoms with E-state index >= 15 is 0 Å². The van der Waals surface area contributed by atoms with Gasteiger partial charge in [-0.2, -0.15) is 0 Å². The van der Waals surface area contributed by atoms with Gasteiger partial charge in [0, 0.05) is 11.6 Å². The molecule has 0 aliphatic carbocycles. The van der Waals surface area contributed by atoms with Gasteiger partial charge in [-0.15, -0.1) is 0 Å². The predicted molar refractivity (Wildman–Crippen MR) is 55.2 cm³/mol. The maximum absolute atomic E-state index is 11.9. The normalized spacial score (nSPS) is 10.2. The molecule has 4 heteroatoms. The number of para-hydroxylation sites is 1. The van der Waals surface area contributed by atoms with E-state index in [0.717, 1.165) is 10.9 Å². The van der Waals surface area contributed by atoms with Gasteiger partial charge in [0.05, 0.1) is 11.1 Å². The number of fused-ring (bicyclic) bond motifs is 1. The van der Waals surface area contributed by atoms with Crippen LogP contribution in [0.15, 0.2) is 36.5 Å². The fourth-order valence-corrected chi connectivity index (χ4v) is 1.36. The first-order chi connectivity index (χ1) is 7.31. The van der Waals surface area contributed by atoms with E-state index in [0.29, 0.717) is 5.56 Å². The third-order valence-electron chi connectivity index (χ3n) is 2.08. The number of rotatable bonds is 2. The summed E-state index contributed by atoms with van der Waals surface area (Å²) in [5, 5.41) is 2.95. The van der Waals surface area contributed by atoms with Crippen molar-refractivity contribution in [2.75, 3.05) is 6.80 Å². The third kappa shape index (κ3) is 1.93. The van der Waals surface area contributed by atoms with E-state index in [1.165, 1.54) is 6.20 Å². The summed E-state index contributed by atoms with van der Waals surface area (Å²) in [6, 6.07) is 9.13. The van der Waals surface area contributed by atoms with Crippen LogP contribution in [-0.2, 0) is 0 Å². The number of nitrogens with one attached hydrogen (secondary N) is 1. The minimum atomic E-state index is -0.869. The van der Waals surface area contributed by atoms with Crippen molar-refractivity contribution in [3.63, 3.8) is 0 Å². The Morgan fingerprint density at radius 2 is 2.20 bits per heavy atom. The molecule has 0 spiro atoms. The van der Waals surface area contributed by atoms with Crippen LogP contribution in [0.1, 0.15) is 10.4 Å². The standard InChI is InChI=1S/C11H9FN2O/c12-7-14-11(15)9-5-8-3-1-2-4-10(8)13-6-9/h1-6H,7H2,(H,14,15). The molecule has 76 valence electrons. The van der Waals surface area contributed by atoms with Gasteiger partial charge >= 0.3 is 0 Å². The predicted octanol–water partition coefficient (Wildman–Crippen LogP) is 1.89. The monoisotopic (exact) mass is 204 g/mol. The van der Waals surface area contributed by atoms with Crippen LogP contribution in [0.5, 0.6) is 0 Å². The van der Waals surface area contributed by atoms with E-state index < -0.39 is 12.7 Å². The zero-order chi connectivity index (χ0) is 10.7. The molecule has 0 aliphatic rings. The maximum Gasteiger partial charge on any atom is 0.254 e. The molecule has 0 unspecified atom stereocenters. The second-order valence-electron chi connectivity index (χ2n) is 3.06. The number of hydrogen-bond acceptors (Lipinski definition) is 2. The van der Waals surface area contributed by atoms with Crippen molar-refractivity contribution in [1.29, 1.82) is 0 Å². The minimum absolute atomic E-state index is 0.367. The van der Waals surface area contributed by atoms with Gasteiger partial charge in [-0.25, -0.2) is 4.39 Å². The quantitative estimate of drug-likeness (QED) is 0.759. The average Bonchev–Trinajstić information content (AvgIpc) is 2.29. The fourth-order valence-electron chi connectivity index (χ4n) is 1.36. The molecule has 0 saturated carbocycles. The number of pyridine rings is 1. The summed E-state index contributed by atoms with van der Waals surface area (Å²) in [5.74, 6) is -0.448. The lowest BCUT2D eigenvalue weighted by Gasteiger charge is -2.01. The first-order valence-electron chi connectivity index (χ1n) is 4.50. The van der Waals surface area contributed by atoms with Crippen LogP contribution >= 0.6 is 0 Å². The molecule has 1 amide bonds. The second-order valence-corrected chi connectivity index (χ2v) is 3.06. The van der Waals surface area contributed by atoms with Crippen molar-refractivity contribution in [3.8, 4) is 0 Å². The molecule has 1 aromatic heterocycles. The molecule has 0 saturated heterocycles. The van der Waals surface area contributed by atoms with E-state index in [-0.39, 0.29) is 0 Å². The van der Waals surface area contributed by atoms with E-state index in [4.69, 9.17) is 0 Å². The Morgan fingerprint density at radius 3 is 3.00 bits per heavy atom. The molecule has 0 bridgehead atoms. The number of alkyl halides is 1. The summed E-state index contributed by atoms with van der Waals surface area (Å²) in [7, 11) is 0. The van der Waals surface area contributed by atoms with E-state index in [2.05, 4.69) is 10.3 Å². The number of aromatic nitrogens is 1. The van der Waals surface area contributed by atoms with Crippen LogP contribution in [0.25, 0.3) is 10.9 Å². The topological polar surface area (TPSA) is 42.0 Å². The number of carbonyl (C=O) groups is 1. The number of hydrogen-bond donors (Lipinski definition) is 1. The molecule has 3 nitrogen and oxygen atoms in total. The molecule has 0 aliphatic heterocycles. The Morgan fingerprint density at radius 1 is 1.40 bits per heavy atom. The molecule has 2 rings (SSSR count). The molecule has 0 fully saturated rings. The van der Waals surface area contributed by atoms with Crippen LogP contribution in [-0.4, -0.2) is 17.7 Å². The zero-order valence-corrected chi connectivity index (χ0v) is 7.90. The van der Waals surface area contributed by atoms with Gasteiger partial charge in [0.25, 0.3) is 5.91 Å². The smallest absolute Gasteiger partial charge is 0.254 e. The first kappa shape index (κ1) is 9.58. The summed E-state index contributed by atoms with van der Waals surface area (Å²) in [6.07, 6.45) is 1.44. The summed E-state index contributed by atoms with van der Waals surface area (Å²) >= 11 is 0. The van der Waals surface area contributed by atoms with Gasteiger partial charge in [0.2, 0.25) is 0 Å². The number of benzene rings is 1. The molecule has 0 radical (unpaired) electrons. The number of halogens is 1. The van der Waals surface area contributed by atoms with Gasteiger partial charge in [-0.05, 0) is 12.1 Å². The van der Waals surface area contributed by atoms with Gasteiger partial charge in [-0.1, -0.05) is 18.2 Å². The highest BCUT2D eigenvalue weighted by atomic mass is 19.1.